The Balaban J connectivity index is 1.33. The van der Waals surface area contributed by atoms with E-state index in [0.29, 0.717) is 0 Å². The molecule has 0 radical (unpaired) electrons. The Morgan fingerprint density at radius 1 is 0.281 bits per heavy atom. The van der Waals surface area contributed by atoms with E-state index in [-0.39, 0.29) is 0 Å². The Morgan fingerprint density at radius 3 is 1.32 bits per heavy atom. The summed E-state index contributed by atoms with van der Waals surface area (Å²) in [6, 6.07) is 74.8. The van der Waals surface area contributed by atoms with Crippen molar-refractivity contribution in [2.24, 2.45) is 0 Å². The van der Waals surface area contributed by atoms with Crippen molar-refractivity contribution in [1.82, 2.24) is 9.13 Å². The van der Waals surface area contributed by atoms with Crippen LogP contribution in [0.4, 0.5) is 0 Å². The van der Waals surface area contributed by atoms with Crippen LogP contribution in [0.25, 0.3) is 110 Å². The van der Waals surface area contributed by atoms with Crippen LogP contribution in [0.1, 0.15) is 0 Å². The first-order chi connectivity index (χ1) is 28.3. The number of aromatic nitrogens is 2. The fraction of sp³-hybridized carbons (Fsp3) is 0. The van der Waals surface area contributed by atoms with Crippen molar-refractivity contribution in [2.45, 2.75) is 0 Å². The first kappa shape index (κ1) is 31.7. The van der Waals surface area contributed by atoms with Crippen LogP contribution >= 0.6 is 0 Å². The lowest BCUT2D eigenvalue weighted by Gasteiger charge is -2.23. The number of rotatable bonds is 3. The second-order valence-electron chi connectivity index (χ2n) is 14.8. The van der Waals surface area contributed by atoms with Gasteiger partial charge in [0.1, 0.15) is 11.2 Å². The molecule has 12 rings (SSSR count). The number of benzene rings is 9. The molecule has 0 saturated carbocycles. The van der Waals surface area contributed by atoms with Gasteiger partial charge < -0.3 is 13.6 Å². The first-order valence-corrected chi connectivity index (χ1v) is 19.5. The van der Waals surface area contributed by atoms with E-state index < -0.39 is 0 Å². The van der Waals surface area contributed by atoms with Crippen LogP contribution in [0.15, 0.2) is 211 Å². The molecule has 266 valence electrons. The fourth-order valence-electron chi connectivity index (χ4n) is 9.24. The third-order valence-corrected chi connectivity index (χ3v) is 11.7. The highest BCUT2D eigenvalue weighted by molar-refractivity contribution is 6.28. The lowest BCUT2D eigenvalue weighted by Crippen LogP contribution is -2.08. The molecule has 0 fully saturated rings. The van der Waals surface area contributed by atoms with Gasteiger partial charge in [-0.25, -0.2) is 0 Å². The predicted octanol–water partition coefficient (Wildman–Crippen LogP) is 14.9. The molecule has 10 aromatic carbocycles. The van der Waals surface area contributed by atoms with Crippen LogP contribution in [0.5, 0.6) is 0 Å². The highest BCUT2D eigenvalue weighted by atomic mass is 16.3. The van der Waals surface area contributed by atoms with E-state index in [4.69, 9.17) is 4.42 Å². The van der Waals surface area contributed by atoms with E-state index in [1.807, 2.05) is 6.07 Å². The van der Waals surface area contributed by atoms with Crippen LogP contribution in [0.3, 0.4) is 0 Å². The monoisotopic (exact) mass is 726 g/mol. The molecule has 0 amide bonds. The highest BCUT2D eigenvalue weighted by Crippen LogP contribution is 2.42. The summed E-state index contributed by atoms with van der Waals surface area (Å²) in [5.41, 5.74) is 10.7. The number of hydrogen-bond donors (Lipinski definition) is 0. The van der Waals surface area contributed by atoms with Crippen molar-refractivity contribution in [3.63, 3.8) is 0 Å². The maximum atomic E-state index is 6.61. The average molecular weight is 727 g/mol. The molecule has 57 heavy (non-hydrogen) atoms. The predicted molar refractivity (Wildman–Crippen MR) is 240 cm³/mol. The molecule has 3 nitrogen and oxygen atoms in total. The Kier molecular flexibility index (Phi) is 6.93. The molecule has 0 aliphatic heterocycles. The topological polar surface area (TPSA) is 23.0 Å². The SMILES string of the molecule is c1ccc(-n2c3ccccc3n(-c3ccccc3)c3cc4c5cc(-c6cccc7c6oc6ccccc67)ccc5c5ccccc5c5ccccc5c4cc32)cc1. The summed E-state index contributed by atoms with van der Waals surface area (Å²) >= 11 is 0. The van der Waals surface area contributed by atoms with Gasteiger partial charge in [-0.15, -0.1) is 0 Å². The summed E-state index contributed by atoms with van der Waals surface area (Å²) < 4.78 is 11.5. The highest BCUT2D eigenvalue weighted by Gasteiger charge is 2.19. The minimum Gasteiger partial charge on any atom is -0.455 e. The van der Waals surface area contributed by atoms with E-state index in [1.165, 1.54) is 43.1 Å². The second kappa shape index (κ2) is 12.5. The maximum Gasteiger partial charge on any atom is 0.143 e. The van der Waals surface area contributed by atoms with Gasteiger partial charge in [-0.1, -0.05) is 146 Å². The van der Waals surface area contributed by atoms with Gasteiger partial charge in [0.15, 0.2) is 0 Å². The Bertz CT molecular complexity index is 3630. The van der Waals surface area contributed by atoms with Crippen molar-refractivity contribution < 1.29 is 4.42 Å². The standard InChI is InChI=1S/C54H34N2O/c1-3-16-36(17-4-1)55-49-27-12-13-28-50(49)56(37-18-5-2-6-19-37)52-34-48-46-32-35(38-25-15-26-45-44-24-11-14-29-53(44)57-54(38)45)30-31-43(46)41-22-8-7-20-39(41)40-21-9-10-23-42(40)47(48)33-51(52)55/h1-34H. The van der Waals surface area contributed by atoms with Gasteiger partial charge in [0.05, 0.1) is 22.1 Å². The van der Waals surface area contributed by atoms with E-state index in [0.717, 1.165) is 66.5 Å². The zero-order chi connectivity index (χ0) is 37.5. The Morgan fingerprint density at radius 2 is 0.719 bits per heavy atom. The molecule has 3 heteroatoms. The van der Waals surface area contributed by atoms with Gasteiger partial charge in [0.25, 0.3) is 0 Å². The molecule has 0 atom stereocenters. The van der Waals surface area contributed by atoms with Crippen LogP contribution in [0, 0.1) is 0 Å². The zero-order valence-electron chi connectivity index (χ0n) is 30.9. The second-order valence-corrected chi connectivity index (χ2v) is 14.8. The van der Waals surface area contributed by atoms with E-state index in [9.17, 15) is 0 Å². The van der Waals surface area contributed by atoms with Gasteiger partial charge in [0.2, 0.25) is 0 Å². The van der Waals surface area contributed by atoms with Gasteiger partial charge in [0, 0.05) is 27.7 Å². The molecule has 2 aromatic heterocycles. The van der Waals surface area contributed by atoms with Crippen molar-refractivity contribution in [3.8, 4) is 22.5 Å². The summed E-state index contributed by atoms with van der Waals surface area (Å²) in [7, 11) is 0. The maximum absolute atomic E-state index is 6.61. The van der Waals surface area contributed by atoms with Gasteiger partial charge in [-0.05, 0) is 109 Å². The Hall–Kier alpha value is -7.62. The number of hydrogen-bond acceptors (Lipinski definition) is 1. The molecule has 0 N–H and O–H groups in total. The van der Waals surface area contributed by atoms with Crippen LogP contribution in [-0.4, -0.2) is 9.13 Å². The molecule has 0 aliphatic carbocycles. The first-order valence-electron chi connectivity index (χ1n) is 19.5. The minimum atomic E-state index is 0.901. The van der Waals surface area contributed by atoms with Gasteiger partial charge in [-0.3, -0.25) is 0 Å². The lowest BCUT2D eigenvalue weighted by molar-refractivity contribution is 0.670. The van der Waals surface area contributed by atoms with Gasteiger partial charge in [-0.2, -0.15) is 0 Å². The van der Waals surface area contributed by atoms with Gasteiger partial charge >= 0.3 is 0 Å². The molecule has 0 unspecified atom stereocenters. The summed E-state index contributed by atoms with van der Waals surface area (Å²) in [4.78, 5) is 0. The summed E-state index contributed by atoms with van der Waals surface area (Å²) in [5, 5.41) is 11.9. The van der Waals surface area contributed by atoms with Crippen LogP contribution < -0.4 is 0 Å². The van der Waals surface area contributed by atoms with Crippen LogP contribution in [-0.2, 0) is 0 Å². The average Bonchev–Trinajstić information content (AvgIpc) is 3.67. The number of furan rings is 1. The number of nitrogens with zero attached hydrogens (tertiary/aromatic N) is 2. The molecule has 0 aliphatic rings. The van der Waals surface area contributed by atoms with Crippen molar-refractivity contribution in [3.05, 3.63) is 206 Å². The third kappa shape index (κ3) is 4.79. The molecule has 0 bridgehead atoms. The van der Waals surface area contributed by atoms with Crippen molar-refractivity contribution >= 4 is 87.1 Å². The Labute approximate surface area is 328 Å². The minimum absolute atomic E-state index is 0.901. The fourth-order valence-corrected chi connectivity index (χ4v) is 9.24. The molecular formula is C54H34N2O. The molecule has 0 saturated heterocycles. The summed E-state index contributed by atoms with van der Waals surface area (Å²) in [6.45, 7) is 0. The lowest BCUT2D eigenvalue weighted by atomic mass is 9.92. The van der Waals surface area contributed by atoms with E-state index >= 15 is 0 Å². The smallest absolute Gasteiger partial charge is 0.143 e. The van der Waals surface area contributed by atoms with E-state index in [2.05, 4.69) is 209 Å². The normalized spacial score (nSPS) is 11.9. The van der Waals surface area contributed by atoms with Crippen molar-refractivity contribution in [2.75, 3.05) is 0 Å². The molecule has 12 aromatic rings. The van der Waals surface area contributed by atoms with Crippen molar-refractivity contribution in [1.29, 1.82) is 0 Å². The van der Waals surface area contributed by atoms with Crippen LogP contribution in [0.2, 0.25) is 0 Å². The zero-order valence-corrected chi connectivity index (χ0v) is 30.9. The number of fused-ring (bicyclic) bond motifs is 13. The van der Waals surface area contributed by atoms with E-state index in [1.54, 1.807) is 0 Å². The summed E-state index contributed by atoms with van der Waals surface area (Å²) in [6.07, 6.45) is 0. The molecular weight excluding hydrogens is 693 g/mol. The molecule has 2 heterocycles. The third-order valence-electron chi connectivity index (χ3n) is 11.7. The number of para-hydroxylation sites is 6. The summed E-state index contributed by atoms with van der Waals surface area (Å²) in [5.74, 6) is 0. The largest absolute Gasteiger partial charge is 0.455 e. The molecule has 0 spiro atoms. The quantitative estimate of drug-likeness (QED) is 0.166.